The van der Waals surface area contributed by atoms with Gasteiger partial charge in [0.25, 0.3) is 5.91 Å². The number of nitrogens with one attached hydrogen (secondary N) is 1. The van der Waals surface area contributed by atoms with Gasteiger partial charge in [-0.15, -0.1) is 11.8 Å². The second-order valence-electron chi connectivity index (χ2n) is 7.18. The smallest absolute Gasteiger partial charge is 0.252 e. The number of amides is 1. The number of thioether (sulfide) groups is 1. The Bertz CT molecular complexity index is 1110. The highest BCUT2D eigenvalue weighted by molar-refractivity contribution is 8.02. The van der Waals surface area contributed by atoms with Gasteiger partial charge >= 0.3 is 0 Å². The topological polar surface area (TPSA) is 97.4 Å². The average Bonchev–Trinajstić information content (AvgIpc) is 3.00. The average molecular weight is 454 g/mol. The zero-order valence-corrected chi connectivity index (χ0v) is 18.6. The van der Waals surface area contributed by atoms with E-state index in [4.69, 9.17) is 0 Å². The van der Waals surface area contributed by atoms with E-state index >= 15 is 0 Å². The Balaban J connectivity index is 1.72. The molecule has 156 valence electrons. The Hall–Kier alpha value is -1.84. The first kappa shape index (κ1) is 21.9. The quantitative estimate of drug-likeness (QED) is 0.722. The summed E-state index contributed by atoms with van der Waals surface area (Å²) in [4.78, 5) is 13.8. The second-order valence-corrected chi connectivity index (χ2v) is 12.8. The van der Waals surface area contributed by atoms with Crippen LogP contribution < -0.4 is 5.32 Å². The summed E-state index contributed by atoms with van der Waals surface area (Å²) in [5.41, 5.74) is 1.29. The molecule has 2 atom stereocenters. The highest BCUT2D eigenvalue weighted by Crippen LogP contribution is 2.33. The SMILES string of the molecule is C[C@@H](NC(=O)c1ccccc1S[C@@H]1CCS(=O)(=O)C1)c1ccc(S(C)(=O)=O)cc1. The number of hydrogen-bond donors (Lipinski definition) is 1. The molecule has 1 aliphatic rings. The first-order valence-corrected chi connectivity index (χ1v) is 13.7. The third kappa shape index (κ3) is 5.61. The van der Waals surface area contributed by atoms with Gasteiger partial charge in [0.15, 0.2) is 19.7 Å². The molecule has 1 heterocycles. The zero-order chi connectivity index (χ0) is 21.2. The zero-order valence-electron chi connectivity index (χ0n) is 16.2. The number of sulfone groups is 2. The fourth-order valence-electron chi connectivity index (χ4n) is 3.15. The van der Waals surface area contributed by atoms with Gasteiger partial charge in [0.1, 0.15) is 0 Å². The van der Waals surface area contributed by atoms with Gasteiger partial charge in [0, 0.05) is 16.4 Å². The fraction of sp³-hybridized carbons (Fsp3) is 0.350. The summed E-state index contributed by atoms with van der Waals surface area (Å²) >= 11 is 1.43. The molecule has 2 aromatic carbocycles. The van der Waals surface area contributed by atoms with Gasteiger partial charge < -0.3 is 5.32 Å². The maximum absolute atomic E-state index is 12.8. The lowest BCUT2D eigenvalue weighted by atomic mass is 10.1. The van der Waals surface area contributed by atoms with E-state index in [-0.39, 0.29) is 33.6 Å². The summed E-state index contributed by atoms with van der Waals surface area (Å²) in [6.07, 6.45) is 1.74. The number of carbonyl (C=O) groups is 1. The van der Waals surface area contributed by atoms with Gasteiger partial charge in [-0.05, 0) is 43.2 Å². The van der Waals surface area contributed by atoms with E-state index in [1.807, 2.05) is 19.1 Å². The monoisotopic (exact) mass is 453 g/mol. The molecule has 1 N–H and O–H groups in total. The molecule has 9 heteroatoms. The third-order valence-corrected chi connectivity index (χ3v) is 9.22. The Morgan fingerprint density at radius 2 is 1.79 bits per heavy atom. The first-order chi connectivity index (χ1) is 13.5. The first-order valence-electron chi connectivity index (χ1n) is 9.12. The van der Waals surface area contributed by atoms with Crippen molar-refractivity contribution < 1.29 is 21.6 Å². The van der Waals surface area contributed by atoms with Gasteiger partial charge in [-0.1, -0.05) is 24.3 Å². The lowest BCUT2D eigenvalue weighted by Gasteiger charge is -2.17. The van der Waals surface area contributed by atoms with Crippen LogP contribution in [0.25, 0.3) is 0 Å². The highest BCUT2D eigenvalue weighted by atomic mass is 32.2. The van der Waals surface area contributed by atoms with Crippen LogP contribution in [0.15, 0.2) is 58.3 Å². The van der Waals surface area contributed by atoms with Crippen molar-refractivity contribution in [2.45, 2.75) is 34.4 Å². The van der Waals surface area contributed by atoms with Crippen molar-refractivity contribution >= 4 is 37.3 Å². The van der Waals surface area contributed by atoms with Crippen molar-refractivity contribution in [2.75, 3.05) is 17.8 Å². The molecule has 0 aromatic heterocycles. The summed E-state index contributed by atoms with van der Waals surface area (Å²) in [6.45, 7) is 1.83. The minimum Gasteiger partial charge on any atom is -0.345 e. The van der Waals surface area contributed by atoms with E-state index in [2.05, 4.69) is 5.32 Å². The maximum Gasteiger partial charge on any atom is 0.252 e. The Labute approximate surface area is 175 Å². The summed E-state index contributed by atoms with van der Waals surface area (Å²) in [5, 5.41) is 2.89. The van der Waals surface area contributed by atoms with Crippen LogP contribution in [0.2, 0.25) is 0 Å². The van der Waals surface area contributed by atoms with Crippen molar-refractivity contribution in [2.24, 2.45) is 0 Å². The molecule has 1 fully saturated rings. The van der Waals surface area contributed by atoms with Crippen LogP contribution in [0.1, 0.15) is 35.3 Å². The molecular formula is C20H23NO5S3. The predicted octanol–water partition coefficient (Wildman–Crippen LogP) is 2.86. The van der Waals surface area contributed by atoms with Crippen molar-refractivity contribution in [1.82, 2.24) is 5.32 Å². The van der Waals surface area contributed by atoms with E-state index in [0.29, 0.717) is 12.0 Å². The molecule has 29 heavy (non-hydrogen) atoms. The summed E-state index contributed by atoms with van der Waals surface area (Å²) in [6, 6.07) is 13.3. The number of rotatable bonds is 6. The van der Waals surface area contributed by atoms with Gasteiger partial charge in [-0.3, -0.25) is 4.79 Å². The van der Waals surface area contributed by atoms with Crippen molar-refractivity contribution in [3.8, 4) is 0 Å². The summed E-state index contributed by atoms with van der Waals surface area (Å²) in [5.74, 6) is 0.0737. The predicted molar refractivity (Wildman–Crippen MR) is 115 cm³/mol. The van der Waals surface area contributed by atoms with Gasteiger partial charge in [0.2, 0.25) is 0 Å². The molecule has 3 rings (SSSR count). The molecule has 6 nitrogen and oxygen atoms in total. The van der Waals surface area contributed by atoms with Crippen LogP contribution in [0.4, 0.5) is 0 Å². The Morgan fingerprint density at radius 1 is 1.14 bits per heavy atom. The largest absolute Gasteiger partial charge is 0.345 e. The van der Waals surface area contributed by atoms with Crippen LogP contribution in [0.5, 0.6) is 0 Å². The lowest BCUT2D eigenvalue weighted by Crippen LogP contribution is -2.27. The Morgan fingerprint density at radius 3 is 2.38 bits per heavy atom. The molecule has 0 saturated carbocycles. The van der Waals surface area contributed by atoms with E-state index < -0.39 is 19.7 Å². The van der Waals surface area contributed by atoms with Gasteiger partial charge in [-0.25, -0.2) is 16.8 Å². The molecule has 1 aliphatic heterocycles. The number of hydrogen-bond acceptors (Lipinski definition) is 6. The van der Waals surface area contributed by atoms with Crippen LogP contribution in [-0.2, 0) is 19.7 Å². The summed E-state index contributed by atoms with van der Waals surface area (Å²) < 4.78 is 46.6. The molecule has 1 saturated heterocycles. The van der Waals surface area contributed by atoms with Crippen molar-refractivity contribution in [3.05, 3.63) is 59.7 Å². The number of benzene rings is 2. The molecule has 0 radical (unpaired) electrons. The third-order valence-electron chi connectivity index (χ3n) is 4.77. The van der Waals surface area contributed by atoms with Gasteiger partial charge in [-0.2, -0.15) is 0 Å². The molecule has 0 unspecified atom stereocenters. The van der Waals surface area contributed by atoms with Crippen molar-refractivity contribution in [1.29, 1.82) is 0 Å². The second kappa shape index (κ2) is 8.49. The normalized spacial score (nSPS) is 19.6. The fourth-order valence-corrected chi connectivity index (χ4v) is 7.41. The highest BCUT2D eigenvalue weighted by Gasteiger charge is 2.29. The minimum atomic E-state index is -3.27. The molecule has 1 amide bonds. The maximum atomic E-state index is 12.8. The van der Waals surface area contributed by atoms with E-state index in [1.165, 1.54) is 23.9 Å². The molecule has 0 aliphatic carbocycles. The van der Waals surface area contributed by atoms with E-state index in [1.54, 1.807) is 24.3 Å². The lowest BCUT2D eigenvalue weighted by molar-refractivity contribution is 0.0937. The standard InChI is InChI=1S/C20H23NO5S3/c1-14(15-7-9-17(10-8-15)28(2,23)24)21-20(22)18-5-3-4-6-19(18)27-16-11-12-29(25,26)13-16/h3-10,14,16H,11-13H2,1-2H3,(H,21,22)/t14-,16-/m1/s1. The summed E-state index contributed by atoms with van der Waals surface area (Å²) in [7, 11) is -6.25. The van der Waals surface area contributed by atoms with Crippen LogP contribution in [0.3, 0.4) is 0 Å². The molecule has 0 spiro atoms. The molecule has 2 aromatic rings. The molecular weight excluding hydrogens is 430 g/mol. The van der Waals surface area contributed by atoms with Crippen LogP contribution in [0, 0.1) is 0 Å². The minimum absolute atomic E-state index is 0.0464. The number of carbonyl (C=O) groups excluding carboxylic acids is 1. The van der Waals surface area contributed by atoms with Crippen LogP contribution in [-0.4, -0.2) is 45.8 Å². The van der Waals surface area contributed by atoms with Gasteiger partial charge in [0.05, 0.1) is 28.0 Å². The molecule has 0 bridgehead atoms. The van der Waals surface area contributed by atoms with Crippen molar-refractivity contribution in [3.63, 3.8) is 0 Å². The Kier molecular flexibility index (Phi) is 6.40. The van der Waals surface area contributed by atoms with E-state index in [0.717, 1.165) is 16.7 Å². The van der Waals surface area contributed by atoms with E-state index in [9.17, 15) is 21.6 Å². The van der Waals surface area contributed by atoms with Crippen LogP contribution >= 0.6 is 11.8 Å².